The van der Waals surface area contributed by atoms with Gasteiger partial charge in [-0.1, -0.05) is 11.8 Å². The normalized spacial score (nSPS) is 10.6. The van der Waals surface area contributed by atoms with Crippen LogP contribution in [0.15, 0.2) is 24.3 Å². The highest BCUT2D eigenvalue weighted by molar-refractivity contribution is 5.38. The molecule has 1 N–H and O–H groups in total. The zero-order chi connectivity index (χ0) is 15.5. The lowest BCUT2D eigenvalue weighted by Crippen LogP contribution is -2.37. The van der Waals surface area contributed by atoms with Crippen molar-refractivity contribution in [1.29, 1.82) is 0 Å². The van der Waals surface area contributed by atoms with E-state index < -0.39 is 0 Å². The maximum Gasteiger partial charge on any atom is 0.119 e. The molecule has 0 saturated heterocycles. The summed E-state index contributed by atoms with van der Waals surface area (Å²) in [6.07, 6.45) is 0. The average Bonchev–Trinajstić information content (AvgIpc) is 2.49. The van der Waals surface area contributed by atoms with Crippen molar-refractivity contribution in [3.63, 3.8) is 0 Å². The molecule has 0 unspecified atom stereocenters. The molecule has 0 atom stereocenters. The largest absolute Gasteiger partial charge is 0.492 e. The second-order valence-electron chi connectivity index (χ2n) is 4.96. The summed E-state index contributed by atoms with van der Waals surface area (Å²) < 4.78 is 10.9. The van der Waals surface area contributed by atoms with Crippen LogP contribution < -0.4 is 4.74 Å². The topological polar surface area (TPSA) is 41.9 Å². The van der Waals surface area contributed by atoms with E-state index in [4.69, 9.17) is 14.6 Å². The molecule has 21 heavy (non-hydrogen) atoms. The third-order valence-corrected chi connectivity index (χ3v) is 3.13. The molecule has 0 saturated carbocycles. The maximum absolute atomic E-state index is 8.64. The highest BCUT2D eigenvalue weighted by Crippen LogP contribution is 2.11. The van der Waals surface area contributed by atoms with Gasteiger partial charge in [-0.25, -0.2) is 0 Å². The van der Waals surface area contributed by atoms with E-state index in [0.717, 1.165) is 31.0 Å². The van der Waals surface area contributed by atoms with Crippen LogP contribution in [0.4, 0.5) is 0 Å². The first-order chi connectivity index (χ1) is 10.2. The Bertz CT molecular complexity index is 445. The molecule has 116 valence electrons. The smallest absolute Gasteiger partial charge is 0.119 e. The van der Waals surface area contributed by atoms with E-state index in [2.05, 4.69) is 30.6 Å². The Morgan fingerprint density at radius 1 is 1.14 bits per heavy atom. The first kappa shape index (κ1) is 17.5. The van der Waals surface area contributed by atoms with E-state index in [1.54, 1.807) is 7.11 Å². The summed E-state index contributed by atoms with van der Waals surface area (Å²) in [7, 11) is 1.72. The van der Waals surface area contributed by atoms with E-state index in [9.17, 15) is 0 Å². The molecular formula is C17H25NO3. The molecular weight excluding hydrogens is 266 g/mol. The molecule has 0 aromatic heterocycles. The minimum atomic E-state index is -0.120. The third kappa shape index (κ3) is 7.14. The summed E-state index contributed by atoms with van der Waals surface area (Å²) in [5.41, 5.74) is 0.875. The lowest BCUT2D eigenvalue weighted by Gasteiger charge is -2.25. The van der Waals surface area contributed by atoms with E-state index >= 15 is 0 Å². The van der Waals surface area contributed by atoms with Gasteiger partial charge in [0.2, 0.25) is 0 Å². The molecule has 0 heterocycles. The van der Waals surface area contributed by atoms with E-state index in [1.807, 2.05) is 24.3 Å². The molecule has 1 aromatic rings. The van der Waals surface area contributed by atoms with Gasteiger partial charge in [0.1, 0.15) is 19.0 Å². The number of ether oxygens (including phenoxy) is 2. The number of rotatable bonds is 8. The summed E-state index contributed by atoms with van der Waals surface area (Å²) in [6, 6.07) is 8.05. The molecule has 0 aliphatic heterocycles. The minimum Gasteiger partial charge on any atom is -0.492 e. The number of benzene rings is 1. The van der Waals surface area contributed by atoms with Crippen LogP contribution in [0.1, 0.15) is 19.4 Å². The molecule has 0 fully saturated rings. The zero-order valence-corrected chi connectivity index (χ0v) is 13.1. The van der Waals surface area contributed by atoms with Gasteiger partial charge in [-0.15, -0.1) is 0 Å². The van der Waals surface area contributed by atoms with Gasteiger partial charge in [0, 0.05) is 31.8 Å². The maximum atomic E-state index is 8.64. The first-order valence-corrected chi connectivity index (χ1v) is 7.23. The van der Waals surface area contributed by atoms with Gasteiger partial charge in [0.25, 0.3) is 0 Å². The van der Waals surface area contributed by atoms with Crippen LogP contribution in [0.25, 0.3) is 0 Å². The molecule has 1 aromatic carbocycles. The molecule has 4 nitrogen and oxygen atoms in total. The minimum absolute atomic E-state index is 0.120. The average molecular weight is 291 g/mol. The Morgan fingerprint density at radius 3 is 2.38 bits per heavy atom. The van der Waals surface area contributed by atoms with Gasteiger partial charge in [-0.05, 0) is 38.1 Å². The Balaban J connectivity index is 2.40. The van der Waals surface area contributed by atoms with E-state index in [1.165, 1.54) is 0 Å². The molecule has 0 radical (unpaired) electrons. The van der Waals surface area contributed by atoms with Crippen LogP contribution in [-0.4, -0.2) is 56.1 Å². The number of hydrogen-bond acceptors (Lipinski definition) is 4. The predicted octanol–water partition coefficient (Wildman–Crippen LogP) is 1.77. The zero-order valence-electron chi connectivity index (χ0n) is 13.1. The van der Waals surface area contributed by atoms with Gasteiger partial charge in [0.15, 0.2) is 0 Å². The van der Waals surface area contributed by atoms with Gasteiger partial charge in [-0.3, -0.25) is 4.90 Å². The van der Waals surface area contributed by atoms with Crippen molar-refractivity contribution in [2.24, 2.45) is 0 Å². The van der Waals surface area contributed by atoms with Crippen molar-refractivity contribution < 1.29 is 14.6 Å². The second-order valence-corrected chi connectivity index (χ2v) is 4.96. The summed E-state index contributed by atoms with van der Waals surface area (Å²) in [6.45, 7) is 7.37. The molecule has 0 bridgehead atoms. The van der Waals surface area contributed by atoms with Crippen LogP contribution in [0, 0.1) is 11.8 Å². The number of nitrogens with zero attached hydrogens (tertiary/aromatic N) is 1. The van der Waals surface area contributed by atoms with Crippen molar-refractivity contribution >= 4 is 0 Å². The second kappa shape index (κ2) is 10.2. The van der Waals surface area contributed by atoms with Crippen LogP contribution in [0.2, 0.25) is 0 Å². The summed E-state index contributed by atoms with van der Waals surface area (Å²) in [5.74, 6) is 6.31. The first-order valence-electron chi connectivity index (χ1n) is 7.23. The van der Waals surface area contributed by atoms with Crippen molar-refractivity contribution in [2.75, 3.05) is 40.0 Å². The van der Waals surface area contributed by atoms with Crippen molar-refractivity contribution in [3.8, 4) is 17.6 Å². The van der Waals surface area contributed by atoms with Crippen molar-refractivity contribution in [2.45, 2.75) is 19.9 Å². The van der Waals surface area contributed by atoms with E-state index in [0.29, 0.717) is 12.6 Å². The fraction of sp³-hybridized carbons (Fsp3) is 0.529. The molecule has 0 aliphatic carbocycles. The van der Waals surface area contributed by atoms with Crippen LogP contribution in [0.3, 0.4) is 0 Å². The van der Waals surface area contributed by atoms with Gasteiger partial charge in [-0.2, -0.15) is 0 Å². The fourth-order valence-corrected chi connectivity index (χ4v) is 1.89. The highest BCUT2D eigenvalue weighted by atomic mass is 16.5. The quantitative estimate of drug-likeness (QED) is 0.741. The van der Waals surface area contributed by atoms with Crippen molar-refractivity contribution in [1.82, 2.24) is 4.90 Å². The molecule has 4 heteroatoms. The molecule has 0 aliphatic rings. The van der Waals surface area contributed by atoms with Gasteiger partial charge in [0.05, 0.1) is 6.61 Å². The lowest BCUT2D eigenvalue weighted by atomic mass is 10.2. The number of methoxy groups -OCH3 is 1. The van der Waals surface area contributed by atoms with Crippen LogP contribution in [-0.2, 0) is 4.74 Å². The Morgan fingerprint density at radius 2 is 1.81 bits per heavy atom. The fourth-order valence-electron chi connectivity index (χ4n) is 1.89. The number of hydrogen-bond donors (Lipinski definition) is 1. The third-order valence-electron chi connectivity index (χ3n) is 3.13. The highest BCUT2D eigenvalue weighted by Gasteiger charge is 2.08. The Labute approximate surface area is 127 Å². The van der Waals surface area contributed by atoms with Gasteiger partial charge < -0.3 is 14.6 Å². The Hall–Kier alpha value is -1.54. The number of aliphatic hydroxyl groups excluding tert-OH is 1. The molecule has 0 amide bonds. The molecule has 0 spiro atoms. The molecule has 1 rings (SSSR count). The predicted molar refractivity (Wildman–Crippen MR) is 84.5 cm³/mol. The monoisotopic (exact) mass is 291 g/mol. The van der Waals surface area contributed by atoms with E-state index in [-0.39, 0.29) is 6.61 Å². The van der Waals surface area contributed by atoms with Gasteiger partial charge >= 0.3 is 0 Å². The SMILES string of the molecule is COCCN(CCOc1ccc(C#CCO)cc1)C(C)C. The lowest BCUT2D eigenvalue weighted by molar-refractivity contribution is 0.116. The summed E-state index contributed by atoms with van der Waals surface area (Å²) in [4.78, 5) is 2.32. The summed E-state index contributed by atoms with van der Waals surface area (Å²) in [5, 5.41) is 8.64. The Kier molecular flexibility index (Phi) is 8.53. The van der Waals surface area contributed by atoms with Crippen molar-refractivity contribution in [3.05, 3.63) is 29.8 Å². The number of aliphatic hydroxyl groups is 1. The van der Waals surface area contributed by atoms with Crippen LogP contribution in [0.5, 0.6) is 5.75 Å². The standard InChI is InChI=1S/C17H25NO3/c1-15(2)18(10-13-20-3)11-14-21-17-8-6-16(7-9-17)5-4-12-19/h6-9,15,19H,10-14H2,1-3H3. The summed E-state index contributed by atoms with van der Waals surface area (Å²) >= 11 is 0. The van der Waals surface area contributed by atoms with Crippen LogP contribution >= 0.6 is 0 Å².